The SMILES string of the molecule is Cc1cccc(S(=O)(=O)NCC2(Cc3ccc(CCO)cc3)CCCC2)c1. The molecule has 4 nitrogen and oxygen atoms in total. The van der Waals surface area contributed by atoms with Crippen molar-refractivity contribution >= 4 is 10.0 Å². The Bertz CT molecular complexity index is 853. The number of aliphatic hydroxyl groups excluding tert-OH is 1. The van der Waals surface area contributed by atoms with Gasteiger partial charge in [-0.15, -0.1) is 0 Å². The molecule has 0 bridgehead atoms. The summed E-state index contributed by atoms with van der Waals surface area (Å²) in [6.45, 7) is 2.53. The molecule has 0 heterocycles. The maximum atomic E-state index is 12.7. The average Bonchev–Trinajstić information content (AvgIpc) is 3.11. The molecule has 5 heteroatoms. The van der Waals surface area contributed by atoms with Crippen LogP contribution in [-0.2, 0) is 22.9 Å². The molecule has 0 spiro atoms. The molecule has 27 heavy (non-hydrogen) atoms. The number of sulfonamides is 1. The van der Waals surface area contributed by atoms with Crippen molar-refractivity contribution in [3.63, 3.8) is 0 Å². The number of aliphatic hydroxyl groups is 1. The van der Waals surface area contributed by atoms with Crippen molar-refractivity contribution in [1.82, 2.24) is 4.72 Å². The van der Waals surface area contributed by atoms with Crippen molar-refractivity contribution in [2.75, 3.05) is 13.2 Å². The highest BCUT2D eigenvalue weighted by atomic mass is 32.2. The molecule has 1 aliphatic carbocycles. The Hall–Kier alpha value is -1.69. The molecule has 1 aliphatic rings. The molecule has 1 fully saturated rings. The lowest BCUT2D eigenvalue weighted by Crippen LogP contribution is -2.37. The molecule has 146 valence electrons. The van der Waals surface area contributed by atoms with E-state index in [1.165, 1.54) is 5.56 Å². The minimum absolute atomic E-state index is 0.0185. The second-order valence-electron chi connectivity index (χ2n) is 7.82. The molecule has 0 aliphatic heterocycles. The molecule has 0 amide bonds. The van der Waals surface area contributed by atoms with Gasteiger partial charge in [0.1, 0.15) is 0 Å². The van der Waals surface area contributed by atoms with Crippen LogP contribution in [0.1, 0.15) is 42.4 Å². The van der Waals surface area contributed by atoms with Crippen molar-refractivity contribution in [3.8, 4) is 0 Å². The first-order valence-electron chi connectivity index (χ1n) is 9.68. The van der Waals surface area contributed by atoms with Crippen molar-refractivity contribution in [1.29, 1.82) is 0 Å². The third-order valence-electron chi connectivity index (χ3n) is 5.60. The predicted octanol–water partition coefficient (Wildman–Crippen LogP) is 3.61. The van der Waals surface area contributed by atoms with E-state index >= 15 is 0 Å². The zero-order chi connectivity index (χ0) is 19.3. The number of rotatable bonds is 8. The number of benzene rings is 2. The van der Waals surface area contributed by atoms with E-state index in [1.807, 2.05) is 13.0 Å². The Kier molecular flexibility index (Phi) is 6.35. The summed E-state index contributed by atoms with van der Waals surface area (Å²) in [6.07, 6.45) is 5.93. The van der Waals surface area contributed by atoms with Crippen LogP contribution in [0.5, 0.6) is 0 Å². The highest BCUT2D eigenvalue weighted by Gasteiger charge is 2.35. The molecular formula is C22H29NO3S. The maximum absolute atomic E-state index is 12.7. The quantitative estimate of drug-likeness (QED) is 0.727. The van der Waals surface area contributed by atoms with Crippen LogP contribution in [0.15, 0.2) is 53.4 Å². The van der Waals surface area contributed by atoms with Gasteiger partial charge in [-0.3, -0.25) is 0 Å². The van der Waals surface area contributed by atoms with Gasteiger partial charge < -0.3 is 5.11 Å². The van der Waals surface area contributed by atoms with Crippen LogP contribution in [0.2, 0.25) is 0 Å². The minimum Gasteiger partial charge on any atom is -0.396 e. The zero-order valence-electron chi connectivity index (χ0n) is 15.9. The van der Waals surface area contributed by atoms with E-state index in [0.717, 1.165) is 43.2 Å². The van der Waals surface area contributed by atoms with Gasteiger partial charge in [0, 0.05) is 13.2 Å². The molecule has 2 aromatic rings. The van der Waals surface area contributed by atoms with E-state index in [-0.39, 0.29) is 12.0 Å². The van der Waals surface area contributed by atoms with Gasteiger partial charge in [-0.1, -0.05) is 49.2 Å². The predicted molar refractivity (Wildman–Crippen MR) is 108 cm³/mol. The number of nitrogens with one attached hydrogen (secondary N) is 1. The molecule has 0 unspecified atom stereocenters. The zero-order valence-corrected chi connectivity index (χ0v) is 16.8. The average molecular weight is 388 g/mol. The largest absolute Gasteiger partial charge is 0.396 e. The standard InChI is InChI=1S/C22H29NO3S/c1-18-5-4-6-21(15-18)27(25,26)23-17-22(12-2-3-13-22)16-20-9-7-19(8-10-20)11-14-24/h4-10,15,23-24H,2-3,11-14,16-17H2,1H3. The Morgan fingerprint density at radius 2 is 1.70 bits per heavy atom. The summed E-state index contributed by atoms with van der Waals surface area (Å²) in [4.78, 5) is 0.337. The molecule has 1 saturated carbocycles. The van der Waals surface area contributed by atoms with Crippen molar-refractivity contribution in [2.45, 2.75) is 50.3 Å². The summed E-state index contributed by atoms with van der Waals surface area (Å²) >= 11 is 0. The molecule has 3 rings (SSSR count). The lowest BCUT2D eigenvalue weighted by Gasteiger charge is -2.29. The van der Waals surface area contributed by atoms with E-state index in [2.05, 4.69) is 29.0 Å². The van der Waals surface area contributed by atoms with Gasteiger partial charge in [0.2, 0.25) is 10.0 Å². The van der Waals surface area contributed by atoms with Crippen molar-refractivity contribution < 1.29 is 13.5 Å². The third kappa shape index (κ3) is 5.18. The van der Waals surface area contributed by atoms with E-state index < -0.39 is 10.0 Å². The minimum atomic E-state index is -3.49. The summed E-state index contributed by atoms with van der Waals surface area (Å²) in [5.41, 5.74) is 3.28. The monoisotopic (exact) mass is 387 g/mol. The van der Waals surface area contributed by atoms with Crippen LogP contribution in [0, 0.1) is 12.3 Å². The molecule has 2 N–H and O–H groups in total. The van der Waals surface area contributed by atoms with Crippen LogP contribution in [-0.4, -0.2) is 26.7 Å². The summed E-state index contributed by atoms with van der Waals surface area (Å²) in [7, 11) is -3.49. The van der Waals surface area contributed by atoms with Gasteiger partial charge in [-0.25, -0.2) is 13.1 Å². The fourth-order valence-corrected chi connectivity index (χ4v) is 5.30. The van der Waals surface area contributed by atoms with Crippen LogP contribution < -0.4 is 4.72 Å². The first-order chi connectivity index (χ1) is 12.9. The Morgan fingerprint density at radius 3 is 2.33 bits per heavy atom. The molecule has 0 aromatic heterocycles. The Labute approximate surface area is 162 Å². The topological polar surface area (TPSA) is 66.4 Å². The van der Waals surface area contributed by atoms with Gasteiger partial charge >= 0.3 is 0 Å². The van der Waals surface area contributed by atoms with Crippen LogP contribution in [0.3, 0.4) is 0 Å². The van der Waals surface area contributed by atoms with E-state index in [4.69, 9.17) is 5.11 Å². The highest BCUT2D eigenvalue weighted by molar-refractivity contribution is 7.89. The Balaban J connectivity index is 1.71. The third-order valence-corrected chi connectivity index (χ3v) is 7.00. The maximum Gasteiger partial charge on any atom is 0.240 e. The molecule has 0 saturated heterocycles. The number of hydrogen-bond donors (Lipinski definition) is 2. The van der Waals surface area contributed by atoms with Crippen molar-refractivity contribution in [2.24, 2.45) is 5.41 Å². The lowest BCUT2D eigenvalue weighted by atomic mass is 9.80. The first kappa shape index (κ1) is 20.1. The summed E-state index contributed by atoms with van der Waals surface area (Å²) in [6, 6.07) is 15.4. The fraction of sp³-hybridized carbons (Fsp3) is 0.455. The van der Waals surface area contributed by atoms with E-state index in [1.54, 1.807) is 18.2 Å². The molecule has 2 aromatic carbocycles. The molecule has 0 radical (unpaired) electrons. The second-order valence-corrected chi connectivity index (χ2v) is 9.58. The van der Waals surface area contributed by atoms with E-state index in [9.17, 15) is 8.42 Å². The van der Waals surface area contributed by atoms with Gasteiger partial charge in [0.15, 0.2) is 0 Å². The summed E-state index contributed by atoms with van der Waals surface area (Å²) < 4.78 is 28.3. The van der Waals surface area contributed by atoms with Crippen LogP contribution in [0.4, 0.5) is 0 Å². The Morgan fingerprint density at radius 1 is 1.04 bits per heavy atom. The summed E-state index contributed by atoms with van der Waals surface area (Å²) in [5.74, 6) is 0. The van der Waals surface area contributed by atoms with Crippen LogP contribution >= 0.6 is 0 Å². The van der Waals surface area contributed by atoms with Gasteiger partial charge in [0.05, 0.1) is 4.90 Å². The second kappa shape index (κ2) is 8.55. The van der Waals surface area contributed by atoms with E-state index in [0.29, 0.717) is 17.9 Å². The van der Waals surface area contributed by atoms with Crippen LogP contribution in [0.25, 0.3) is 0 Å². The van der Waals surface area contributed by atoms with Crippen molar-refractivity contribution in [3.05, 3.63) is 65.2 Å². The molecule has 0 atom stereocenters. The number of hydrogen-bond acceptors (Lipinski definition) is 3. The smallest absolute Gasteiger partial charge is 0.240 e. The number of aryl methyl sites for hydroxylation is 1. The van der Waals surface area contributed by atoms with Gasteiger partial charge in [-0.2, -0.15) is 0 Å². The van der Waals surface area contributed by atoms with Gasteiger partial charge in [-0.05, 0) is 66.8 Å². The lowest BCUT2D eigenvalue weighted by molar-refractivity contribution is 0.294. The normalized spacial score (nSPS) is 16.5. The highest BCUT2D eigenvalue weighted by Crippen LogP contribution is 2.40. The van der Waals surface area contributed by atoms with Gasteiger partial charge in [0.25, 0.3) is 0 Å². The first-order valence-corrected chi connectivity index (χ1v) is 11.2. The molecular weight excluding hydrogens is 358 g/mol. The summed E-state index contributed by atoms with van der Waals surface area (Å²) in [5, 5.41) is 9.05. The fourth-order valence-electron chi connectivity index (χ4n) is 4.04.